The molecule has 0 aromatic heterocycles. The Morgan fingerprint density at radius 2 is 1.78 bits per heavy atom. The smallest absolute Gasteiger partial charge is 0.325 e. The third kappa shape index (κ3) is 3.55. The van der Waals surface area contributed by atoms with Crippen LogP contribution in [0.5, 0.6) is 0 Å². The van der Waals surface area contributed by atoms with Crippen molar-refractivity contribution in [2.24, 2.45) is 11.8 Å². The molecule has 2 heterocycles. The zero-order valence-electron chi connectivity index (χ0n) is 16.0. The van der Waals surface area contributed by atoms with Crippen LogP contribution in [0, 0.1) is 17.7 Å². The summed E-state index contributed by atoms with van der Waals surface area (Å²) in [6.45, 7) is 6.99. The lowest BCUT2D eigenvalue weighted by Gasteiger charge is -2.35. The van der Waals surface area contributed by atoms with E-state index in [9.17, 15) is 18.8 Å². The second kappa shape index (κ2) is 7.29. The number of imide groups is 1. The first-order chi connectivity index (χ1) is 12.8. The number of halogens is 1. The van der Waals surface area contributed by atoms with Crippen LogP contribution in [0.4, 0.5) is 9.18 Å². The van der Waals surface area contributed by atoms with Gasteiger partial charge in [0.1, 0.15) is 17.9 Å². The van der Waals surface area contributed by atoms with Gasteiger partial charge in [-0.2, -0.15) is 0 Å². The third-order valence-electron chi connectivity index (χ3n) is 5.56. The Bertz CT molecular complexity index is 741. The molecule has 1 aromatic rings. The minimum atomic E-state index is -1.26. The van der Waals surface area contributed by atoms with E-state index >= 15 is 0 Å². The molecule has 0 aliphatic carbocycles. The summed E-state index contributed by atoms with van der Waals surface area (Å²) in [4.78, 5) is 41.0. The van der Waals surface area contributed by atoms with E-state index in [1.165, 1.54) is 24.3 Å². The molecule has 0 spiro atoms. The standard InChI is InChI=1S/C20H26FN3O3/c1-4-20(15-5-7-16(21)8-6-15)18(26)24(19(27)22-20)12-17(25)23-10-13(2)9-14(3)11-23/h5-8,13-14H,4,9-12H2,1-3H3,(H,22,27). The molecule has 6 nitrogen and oxygen atoms in total. The highest BCUT2D eigenvalue weighted by molar-refractivity contribution is 6.09. The Labute approximate surface area is 158 Å². The summed E-state index contributed by atoms with van der Waals surface area (Å²) < 4.78 is 13.3. The molecule has 0 saturated carbocycles. The van der Waals surface area contributed by atoms with E-state index in [0.717, 1.165) is 11.3 Å². The second-order valence-electron chi connectivity index (χ2n) is 7.83. The molecule has 0 bridgehead atoms. The molecular weight excluding hydrogens is 349 g/mol. The van der Waals surface area contributed by atoms with E-state index in [1.807, 2.05) is 0 Å². The zero-order chi connectivity index (χ0) is 19.8. The fraction of sp³-hybridized carbons (Fsp3) is 0.550. The number of amides is 4. The molecule has 27 heavy (non-hydrogen) atoms. The zero-order valence-corrected chi connectivity index (χ0v) is 16.0. The van der Waals surface area contributed by atoms with Gasteiger partial charge in [0.25, 0.3) is 5.91 Å². The number of rotatable bonds is 4. The second-order valence-corrected chi connectivity index (χ2v) is 7.83. The van der Waals surface area contributed by atoms with E-state index in [0.29, 0.717) is 36.9 Å². The van der Waals surface area contributed by atoms with Gasteiger partial charge < -0.3 is 10.2 Å². The molecule has 3 unspecified atom stereocenters. The maximum atomic E-state index is 13.3. The third-order valence-corrected chi connectivity index (χ3v) is 5.56. The Balaban J connectivity index is 1.79. The van der Waals surface area contributed by atoms with Crippen LogP contribution in [0.25, 0.3) is 0 Å². The van der Waals surface area contributed by atoms with Gasteiger partial charge >= 0.3 is 6.03 Å². The molecule has 3 atom stereocenters. The molecule has 2 aliphatic heterocycles. The maximum Gasteiger partial charge on any atom is 0.325 e. The summed E-state index contributed by atoms with van der Waals surface area (Å²) in [5.74, 6) is -0.303. The fourth-order valence-corrected chi connectivity index (χ4v) is 4.25. The number of piperidine rings is 1. The number of nitrogens with one attached hydrogen (secondary N) is 1. The van der Waals surface area contributed by atoms with Gasteiger partial charge in [-0.3, -0.25) is 14.5 Å². The number of urea groups is 1. The van der Waals surface area contributed by atoms with Gasteiger partial charge in [0.05, 0.1) is 0 Å². The first kappa shape index (κ1) is 19.3. The number of hydrogen-bond donors (Lipinski definition) is 1. The molecule has 2 fully saturated rings. The molecule has 3 rings (SSSR count). The van der Waals surface area contributed by atoms with Crippen LogP contribution in [-0.4, -0.2) is 47.3 Å². The Morgan fingerprint density at radius 3 is 2.33 bits per heavy atom. The summed E-state index contributed by atoms with van der Waals surface area (Å²) >= 11 is 0. The van der Waals surface area contributed by atoms with E-state index in [2.05, 4.69) is 19.2 Å². The lowest BCUT2D eigenvalue weighted by atomic mass is 9.87. The SMILES string of the molecule is CCC1(c2ccc(F)cc2)NC(=O)N(CC(=O)N2CC(C)CC(C)C2)C1=O. The first-order valence-corrected chi connectivity index (χ1v) is 9.44. The van der Waals surface area contributed by atoms with Crippen molar-refractivity contribution in [3.63, 3.8) is 0 Å². The van der Waals surface area contributed by atoms with Crippen molar-refractivity contribution in [1.82, 2.24) is 15.1 Å². The molecule has 1 aromatic carbocycles. The number of carbonyl (C=O) groups is 3. The van der Waals surface area contributed by atoms with Gasteiger partial charge in [0.2, 0.25) is 5.91 Å². The van der Waals surface area contributed by atoms with E-state index in [1.54, 1.807) is 11.8 Å². The minimum absolute atomic E-state index is 0.220. The van der Waals surface area contributed by atoms with Crippen LogP contribution >= 0.6 is 0 Å². The highest BCUT2D eigenvalue weighted by Crippen LogP contribution is 2.32. The topological polar surface area (TPSA) is 69.7 Å². The van der Waals surface area contributed by atoms with Crippen molar-refractivity contribution in [3.8, 4) is 0 Å². The number of likely N-dealkylation sites (tertiary alicyclic amines) is 1. The van der Waals surface area contributed by atoms with Crippen LogP contribution in [-0.2, 0) is 15.1 Å². The molecular formula is C20H26FN3O3. The molecule has 146 valence electrons. The van der Waals surface area contributed by atoms with Crippen LogP contribution in [0.15, 0.2) is 24.3 Å². The van der Waals surface area contributed by atoms with Crippen molar-refractivity contribution in [2.45, 2.75) is 39.2 Å². The number of hydrogen-bond acceptors (Lipinski definition) is 3. The Kier molecular flexibility index (Phi) is 5.22. The molecule has 7 heteroatoms. The molecule has 2 saturated heterocycles. The predicted molar refractivity (Wildman–Crippen MR) is 98.1 cm³/mol. The van der Waals surface area contributed by atoms with Gasteiger partial charge in [-0.25, -0.2) is 9.18 Å². The van der Waals surface area contributed by atoms with Gasteiger partial charge in [-0.15, -0.1) is 0 Å². The van der Waals surface area contributed by atoms with Crippen molar-refractivity contribution >= 4 is 17.8 Å². The molecule has 0 radical (unpaired) electrons. The van der Waals surface area contributed by atoms with Crippen molar-refractivity contribution in [1.29, 1.82) is 0 Å². The summed E-state index contributed by atoms with van der Waals surface area (Å²) in [6, 6.07) is 4.93. The number of benzene rings is 1. The van der Waals surface area contributed by atoms with Crippen LogP contribution in [0.1, 0.15) is 39.2 Å². The van der Waals surface area contributed by atoms with Crippen LogP contribution in [0.3, 0.4) is 0 Å². The molecule has 4 amide bonds. The Hall–Kier alpha value is -2.44. The van der Waals surface area contributed by atoms with Gasteiger partial charge in [-0.1, -0.05) is 32.9 Å². The van der Waals surface area contributed by atoms with Crippen LogP contribution in [0.2, 0.25) is 0 Å². The quantitative estimate of drug-likeness (QED) is 0.822. The maximum absolute atomic E-state index is 13.3. The van der Waals surface area contributed by atoms with Crippen molar-refractivity contribution in [3.05, 3.63) is 35.6 Å². The van der Waals surface area contributed by atoms with Gasteiger partial charge in [0.15, 0.2) is 0 Å². The summed E-state index contributed by atoms with van der Waals surface area (Å²) in [6.07, 6.45) is 1.38. The molecule has 1 N–H and O–H groups in total. The highest BCUT2D eigenvalue weighted by atomic mass is 19.1. The number of carbonyl (C=O) groups excluding carboxylic acids is 3. The first-order valence-electron chi connectivity index (χ1n) is 9.44. The summed E-state index contributed by atoms with van der Waals surface area (Å²) in [5, 5.41) is 2.72. The molecule has 2 aliphatic rings. The highest BCUT2D eigenvalue weighted by Gasteiger charge is 2.51. The Morgan fingerprint density at radius 1 is 1.19 bits per heavy atom. The van der Waals surface area contributed by atoms with Crippen molar-refractivity contribution < 1.29 is 18.8 Å². The van der Waals surface area contributed by atoms with Crippen LogP contribution < -0.4 is 5.32 Å². The largest absolute Gasteiger partial charge is 0.341 e. The average Bonchev–Trinajstić information content (AvgIpc) is 2.86. The summed E-state index contributed by atoms with van der Waals surface area (Å²) in [5.41, 5.74) is -0.743. The van der Waals surface area contributed by atoms with E-state index < -0.39 is 23.3 Å². The van der Waals surface area contributed by atoms with E-state index in [4.69, 9.17) is 0 Å². The predicted octanol–water partition coefficient (Wildman–Crippen LogP) is 2.49. The van der Waals surface area contributed by atoms with E-state index in [-0.39, 0.29) is 12.5 Å². The fourth-order valence-electron chi connectivity index (χ4n) is 4.25. The average molecular weight is 375 g/mol. The van der Waals surface area contributed by atoms with Gasteiger partial charge in [0, 0.05) is 13.1 Å². The minimum Gasteiger partial charge on any atom is -0.341 e. The number of nitrogens with zero attached hydrogens (tertiary/aromatic N) is 2. The monoisotopic (exact) mass is 375 g/mol. The van der Waals surface area contributed by atoms with Gasteiger partial charge in [-0.05, 0) is 42.4 Å². The normalized spacial score (nSPS) is 28.4. The van der Waals surface area contributed by atoms with Crippen molar-refractivity contribution in [2.75, 3.05) is 19.6 Å². The lowest BCUT2D eigenvalue weighted by Crippen LogP contribution is -2.49. The summed E-state index contributed by atoms with van der Waals surface area (Å²) in [7, 11) is 0. The lowest BCUT2D eigenvalue weighted by molar-refractivity contribution is -0.140.